The van der Waals surface area contributed by atoms with Crippen LogP contribution >= 0.6 is 11.6 Å². The molecule has 16 nitrogen and oxygen atoms in total. The molecule has 0 saturated carbocycles. The Balaban J connectivity index is 1.55. The van der Waals surface area contributed by atoms with Crippen molar-refractivity contribution in [2.45, 2.75) is 24.5 Å². The zero-order valence-corrected chi connectivity index (χ0v) is 19.0. The maximum Gasteiger partial charge on any atom is 0.322 e. The number of hydrogen-bond acceptors (Lipinski definition) is 12. The molecule has 1 saturated heterocycles. The predicted octanol–water partition coefficient (Wildman–Crippen LogP) is -3.86. The van der Waals surface area contributed by atoms with E-state index in [0.29, 0.717) is 0 Å². The van der Waals surface area contributed by atoms with E-state index in [1.165, 1.54) is 4.57 Å². The van der Waals surface area contributed by atoms with Gasteiger partial charge in [0.05, 0.1) is 6.33 Å². The Kier molecular flexibility index (Phi) is 8.05. The molecule has 18 heteroatoms. The molecule has 0 radical (unpaired) electrons. The number of rotatable bonds is 10. The van der Waals surface area contributed by atoms with Crippen LogP contribution in [0.15, 0.2) is 11.1 Å². The van der Waals surface area contributed by atoms with Crippen LogP contribution in [0.1, 0.15) is 6.23 Å². The molecule has 3 rings (SSSR count). The summed E-state index contributed by atoms with van der Waals surface area (Å²) < 4.78 is 37.6. The van der Waals surface area contributed by atoms with Crippen molar-refractivity contribution in [2.75, 3.05) is 37.1 Å². The second-order valence-electron chi connectivity index (χ2n) is 7.14. The zero-order chi connectivity index (χ0) is 25.0. The van der Waals surface area contributed by atoms with Gasteiger partial charge in [0, 0.05) is 13.1 Å². The molecule has 0 bridgehead atoms. The van der Waals surface area contributed by atoms with Crippen LogP contribution in [-0.2, 0) is 29.1 Å². The summed E-state index contributed by atoms with van der Waals surface area (Å²) >= 11 is 5.29. The van der Waals surface area contributed by atoms with Crippen molar-refractivity contribution in [1.82, 2.24) is 29.6 Å². The quantitative estimate of drug-likeness (QED) is 0.0995. The molecular weight excluding hydrogens is 502 g/mol. The Hall–Kier alpha value is -2.83. The number of nitrogen functional groups attached to an aromatic ring is 1. The van der Waals surface area contributed by atoms with Crippen LogP contribution in [0, 0.1) is 0 Å². The van der Waals surface area contributed by atoms with Gasteiger partial charge in [-0.1, -0.05) is 0 Å². The highest BCUT2D eigenvalue weighted by Gasteiger charge is 2.45. The number of nitrogens with two attached hydrogens (primary N) is 1. The summed E-state index contributed by atoms with van der Waals surface area (Å²) in [5, 5.41) is 23.0. The van der Waals surface area contributed by atoms with Crippen molar-refractivity contribution in [2.24, 2.45) is 0 Å². The number of imidazole rings is 1. The molecule has 1 aliphatic rings. The number of halogens is 1. The Bertz CT molecular complexity index is 1220. The van der Waals surface area contributed by atoms with Crippen LogP contribution in [0.2, 0.25) is 0 Å². The van der Waals surface area contributed by atoms with Crippen molar-refractivity contribution in [3.8, 4) is 0 Å². The predicted molar refractivity (Wildman–Crippen MR) is 115 cm³/mol. The molecule has 4 atom stereocenters. The minimum Gasteiger partial charge on any atom is -0.462 e. The molecule has 0 aromatic carbocycles. The number of aliphatic hydroxyl groups excluding tert-OH is 2. The Labute approximate surface area is 196 Å². The van der Waals surface area contributed by atoms with Crippen molar-refractivity contribution < 1.29 is 37.7 Å². The van der Waals surface area contributed by atoms with Gasteiger partial charge in [-0.15, -0.1) is 11.6 Å². The lowest BCUT2D eigenvalue weighted by molar-refractivity contribution is -0.147. The molecule has 7 N–H and O–H groups in total. The number of aliphatic hydroxyl groups is 2. The standard InChI is InChI=1S/C16H22ClN7O9S/c17-3-8(25)19-1-2-21-34(30,31)5-9(26)32-4-7-11(27)12(28)15(33-7)24-6-20-10-13(24)22-16(18)23-14(10)29/h6-7,11-12,15,21,27-28H,1-5H2,(H,19,25)(H3,18,22,23,29). The lowest BCUT2D eigenvalue weighted by Crippen LogP contribution is -2.38. The Morgan fingerprint density at radius 1 is 1.32 bits per heavy atom. The molecular formula is C16H22ClN7O9S. The third-order valence-electron chi connectivity index (χ3n) is 4.67. The number of fused-ring (bicyclic) bond motifs is 1. The van der Waals surface area contributed by atoms with Crippen LogP contribution in [0.5, 0.6) is 0 Å². The summed E-state index contributed by atoms with van der Waals surface area (Å²) in [7, 11) is -4.06. The molecule has 0 aliphatic carbocycles. The van der Waals surface area contributed by atoms with Gasteiger partial charge in [-0.2, -0.15) is 4.98 Å². The van der Waals surface area contributed by atoms with Gasteiger partial charge < -0.3 is 30.7 Å². The number of carbonyl (C=O) groups is 2. The molecule has 4 unspecified atom stereocenters. The highest BCUT2D eigenvalue weighted by atomic mass is 35.5. The van der Waals surface area contributed by atoms with Gasteiger partial charge in [0.1, 0.15) is 30.8 Å². The summed E-state index contributed by atoms with van der Waals surface area (Å²) in [5.41, 5.74) is 4.84. The fourth-order valence-corrected chi connectivity index (χ4v) is 4.11. The van der Waals surface area contributed by atoms with Gasteiger partial charge in [0.25, 0.3) is 5.56 Å². The number of hydrogen-bond donors (Lipinski definition) is 6. The van der Waals surface area contributed by atoms with Gasteiger partial charge in [-0.3, -0.25) is 23.9 Å². The third kappa shape index (κ3) is 5.99. The normalized spacial score (nSPS) is 22.7. The van der Waals surface area contributed by atoms with Crippen LogP contribution in [-0.4, -0.2) is 99.7 Å². The SMILES string of the molecule is Nc1nc2c(ncn2C2OC(COC(=O)CS(=O)(=O)NCCNC(=O)CCl)C(O)C2O)c(=O)[nH]1. The number of nitrogens with zero attached hydrogens (tertiary/aromatic N) is 3. The van der Waals surface area contributed by atoms with Crippen LogP contribution < -0.4 is 21.3 Å². The fourth-order valence-electron chi connectivity index (χ4n) is 3.10. The summed E-state index contributed by atoms with van der Waals surface area (Å²) in [5.74, 6) is -3.12. The Morgan fingerprint density at radius 3 is 2.76 bits per heavy atom. The minimum absolute atomic E-state index is 0.00505. The Morgan fingerprint density at radius 2 is 2.06 bits per heavy atom. The fraction of sp³-hybridized carbons (Fsp3) is 0.562. The lowest BCUT2D eigenvalue weighted by atomic mass is 10.1. The molecule has 34 heavy (non-hydrogen) atoms. The molecule has 1 fully saturated rings. The van der Waals surface area contributed by atoms with Crippen LogP contribution in [0.25, 0.3) is 11.2 Å². The van der Waals surface area contributed by atoms with E-state index < -0.39 is 64.4 Å². The molecule has 2 aromatic heterocycles. The number of ether oxygens (including phenoxy) is 2. The van der Waals surface area contributed by atoms with Crippen molar-refractivity contribution in [3.63, 3.8) is 0 Å². The number of H-pyrrole nitrogens is 1. The second-order valence-corrected chi connectivity index (χ2v) is 9.22. The number of nitrogens with one attached hydrogen (secondary N) is 3. The highest BCUT2D eigenvalue weighted by Crippen LogP contribution is 2.31. The first-order valence-corrected chi connectivity index (χ1v) is 11.9. The van der Waals surface area contributed by atoms with Crippen LogP contribution in [0.4, 0.5) is 5.95 Å². The molecule has 3 heterocycles. The topological polar surface area (TPSA) is 241 Å². The number of esters is 1. The first-order valence-electron chi connectivity index (χ1n) is 9.72. The van der Waals surface area contributed by atoms with E-state index in [9.17, 15) is 33.0 Å². The summed E-state index contributed by atoms with van der Waals surface area (Å²) in [6, 6.07) is 0. The van der Waals surface area contributed by atoms with E-state index in [0.717, 1.165) is 6.33 Å². The zero-order valence-electron chi connectivity index (χ0n) is 17.4. The minimum atomic E-state index is -4.06. The van der Waals surface area contributed by atoms with E-state index in [1.54, 1.807) is 0 Å². The average Bonchev–Trinajstić information content (AvgIpc) is 3.30. The van der Waals surface area contributed by atoms with Gasteiger partial charge in [-0.05, 0) is 0 Å². The van der Waals surface area contributed by atoms with E-state index in [1.807, 2.05) is 0 Å². The van der Waals surface area contributed by atoms with Crippen molar-refractivity contribution in [3.05, 3.63) is 16.7 Å². The van der Waals surface area contributed by atoms with Gasteiger partial charge >= 0.3 is 5.97 Å². The number of sulfonamides is 1. The van der Waals surface area contributed by atoms with Gasteiger partial charge in [0.15, 0.2) is 23.1 Å². The summed E-state index contributed by atoms with van der Waals surface area (Å²) in [4.78, 5) is 45.0. The van der Waals surface area contributed by atoms with Crippen molar-refractivity contribution >= 4 is 50.6 Å². The van der Waals surface area contributed by atoms with Crippen molar-refractivity contribution in [1.29, 1.82) is 0 Å². The highest BCUT2D eigenvalue weighted by molar-refractivity contribution is 7.90. The average molecular weight is 524 g/mol. The number of aromatic nitrogens is 4. The molecule has 188 valence electrons. The van der Waals surface area contributed by atoms with Gasteiger partial charge in [-0.25, -0.2) is 18.1 Å². The lowest BCUT2D eigenvalue weighted by Gasteiger charge is -2.16. The smallest absolute Gasteiger partial charge is 0.322 e. The van der Waals surface area contributed by atoms with E-state index in [-0.39, 0.29) is 36.1 Å². The number of alkyl halides is 1. The van der Waals surface area contributed by atoms with E-state index >= 15 is 0 Å². The maximum atomic E-state index is 11.9. The first-order chi connectivity index (χ1) is 16.0. The van der Waals surface area contributed by atoms with E-state index in [4.69, 9.17) is 26.8 Å². The maximum absolute atomic E-state index is 11.9. The summed E-state index contributed by atoms with van der Waals surface area (Å²) in [6.45, 7) is -0.773. The van der Waals surface area contributed by atoms with Gasteiger partial charge in [0.2, 0.25) is 21.9 Å². The summed E-state index contributed by atoms with van der Waals surface area (Å²) in [6.07, 6.45) is -4.34. The third-order valence-corrected chi connectivity index (χ3v) is 6.17. The van der Waals surface area contributed by atoms with E-state index in [2.05, 4.69) is 25.0 Å². The van der Waals surface area contributed by atoms with Crippen LogP contribution in [0.3, 0.4) is 0 Å². The second kappa shape index (κ2) is 10.6. The largest absolute Gasteiger partial charge is 0.462 e. The molecule has 1 amide bonds. The molecule has 1 aliphatic heterocycles. The number of anilines is 1. The first kappa shape index (κ1) is 25.8. The number of carbonyl (C=O) groups excluding carboxylic acids is 2. The number of aromatic amines is 1. The monoisotopic (exact) mass is 523 g/mol. The number of amides is 1. The molecule has 0 spiro atoms. The molecule has 2 aromatic rings.